The van der Waals surface area contributed by atoms with E-state index < -0.39 is 0 Å². The molecule has 2 aromatic rings. The summed E-state index contributed by atoms with van der Waals surface area (Å²) >= 11 is 0. The molecular formula is C20H25N3O4. The molecule has 1 aromatic heterocycles. The normalized spacial score (nSPS) is 16.7. The second-order valence-electron chi connectivity index (χ2n) is 6.58. The minimum Gasteiger partial charge on any atom is -0.496 e. The molecule has 0 radical (unpaired) electrons. The summed E-state index contributed by atoms with van der Waals surface area (Å²) in [6.45, 7) is 3.29. The summed E-state index contributed by atoms with van der Waals surface area (Å²) in [6, 6.07) is 7.81. The molecule has 1 aliphatic rings. The van der Waals surface area contributed by atoms with Crippen LogP contribution < -0.4 is 14.2 Å². The van der Waals surface area contributed by atoms with E-state index in [9.17, 15) is 4.79 Å². The van der Waals surface area contributed by atoms with E-state index in [1.165, 1.54) is 7.11 Å². The molecule has 0 N–H and O–H groups in total. The zero-order chi connectivity index (χ0) is 19.2. The minimum atomic E-state index is -0.0834. The second-order valence-corrected chi connectivity index (χ2v) is 6.58. The Bertz CT molecular complexity index is 797. The van der Waals surface area contributed by atoms with E-state index in [2.05, 4.69) is 9.97 Å². The summed E-state index contributed by atoms with van der Waals surface area (Å²) in [5.41, 5.74) is 2.02. The van der Waals surface area contributed by atoms with E-state index in [0.29, 0.717) is 18.8 Å². The fraction of sp³-hybridized carbons (Fsp3) is 0.450. The first-order valence-electron chi connectivity index (χ1n) is 9.04. The van der Waals surface area contributed by atoms with Gasteiger partial charge < -0.3 is 19.1 Å². The van der Waals surface area contributed by atoms with E-state index in [1.807, 2.05) is 30.0 Å². The summed E-state index contributed by atoms with van der Waals surface area (Å²) in [5.74, 6) is 1.40. The highest BCUT2D eigenvalue weighted by molar-refractivity contribution is 5.79. The Kier molecular flexibility index (Phi) is 6.11. The number of ether oxygens (including phenoxy) is 3. The molecule has 1 saturated heterocycles. The highest BCUT2D eigenvalue weighted by atomic mass is 16.5. The summed E-state index contributed by atoms with van der Waals surface area (Å²) < 4.78 is 16.2. The summed E-state index contributed by atoms with van der Waals surface area (Å²) in [6.07, 6.45) is 3.68. The van der Waals surface area contributed by atoms with Gasteiger partial charge in [-0.1, -0.05) is 12.1 Å². The second kappa shape index (κ2) is 8.70. The summed E-state index contributed by atoms with van der Waals surface area (Å²) in [7, 11) is 3.16. The molecule has 1 aliphatic heterocycles. The molecule has 1 unspecified atom stereocenters. The number of carbonyl (C=O) groups excluding carboxylic acids is 1. The SMILES string of the molecule is COc1nccc(OC2CCCN(C(=O)Cc3ccc(OC)c(C)c3)C2)n1. The van der Waals surface area contributed by atoms with Gasteiger partial charge in [0, 0.05) is 18.8 Å². The molecule has 7 nitrogen and oxygen atoms in total. The van der Waals surface area contributed by atoms with Crippen molar-refractivity contribution < 1.29 is 19.0 Å². The maximum absolute atomic E-state index is 12.7. The van der Waals surface area contributed by atoms with Crippen LogP contribution in [0.4, 0.5) is 0 Å². The van der Waals surface area contributed by atoms with E-state index in [-0.39, 0.29) is 18.0 Å². The van der Waals surface area contributed by atoms with Crippen LogP contribution in [-0.4, -0.2) is 54.2 Å². The fourth-order valence-electron chi connectivity index (χ4n) is 3.26. The van der Waals surface area contributed by atoms with E-state index in [1.54, 1.807) is 19.4 Å². The topological polar surface area (TPSA) is 73.8 Å². The van der Waals surface area contributed by atoms with Crippen LogP contribution >= 0.6 is 0 Å². The highest BCUT2D eigenvalue weighted by Gasteiger charge is 2.25. The average Bonchev–Trinajstić information content (AvgIpc) is 2.68. The zero-order valence-corrected chi connectivity index (χ0v) is 16.0. The predicted octanol–water partition coefficient (Wildman–Crippen LogP) is 2.41. The van der Waals surface area contributed by atoms with Gasteiger partial charge in [-0.2, -0.15) is 4.98 Å². The van der Waals surface area contributed by atoms with Crippen molar-refractivity contribution in [3.05, 3.63) is 41.6 Å². The minimum absolute atomic E-state index is 0.0834. The summed E-state index contributed by atoms with van der Waals surface area (Å²) in [5, 5.41) is 0. The Hall–Kier alpha value is -2.83. The predicted molar refractivity (Wildman–Crippen MR) is 100 cm³/mol. The van der Waals surface area contributed by atoms with Crippen LogP contribution in [0.25, 0.3) is 0 Å². The van der Waals surface area contributed by atoms with Gasteiger partial charge in [-0.25, -0.2) is 4.98 Å². The Morgan fingerprint density at radius 3 is 2.85 bits per heavy atom. The van der Waals surface area contributed by atoms with Crippen molar-refractivity contribution >= 4 is 5.91 Å². The Morgan fingerprint density at radius 2 is 2.11 bits per heavy atom. The van der Waals surface area contributed by atoms with Crippen LogP contribution in [0.2, 0.25) is 0 Å². The maximum Gasteiger partial charge on any atom is 0.319 e. The van der Waals surface area contributed by atoms with Gasteiger partial charge in [0.1, 0.15) is 11.9 Å². The molecule has 7 heteroatoms. The number of aryl methyl sites for hydroxylation is 1. The van der Waals surface area contributed by atoms with Crippen molar-refractivity contribution in [3.8, 4) is 17.6 Å². The lowest BCUT2D eigenvalue weighted by molar-refractivity contribution is -0.133. The lowest BCUT2D eigenvalue weighted by Gasteiger charge is -2.32. The number of carbonyl (C=O) groups is 1. The van der Waals surface area contributed by atoms with Crippen LogP contribution in [0.3, 0.4) is 0 Å². The number of hydrogen-bond acceptors (Lipinski definition) is 6. The first-order chi connectivity index (χ1) is 13.1. The third-order valence-corrected chi connectivity index (χ3v) is 4.62. The van der Waals surface area contributed by atoms with E-state index >= 15 is 0 Å². The van der Waals surface area contributed by atoms with Gasteiger partial charge >= 0.3 is 6.01 Å². The van der Waals surface area contributed by atoms with Crippen molar-refractivity contribution in [2.24, 2.45) is 0 Å². The lowest BCUT2D eigenvalue weighted by Crippen LogP contribution is -2.45. The van der Waals surface area contributed by atoms with Crippen LogP contribution in [0.15, 0.2) is 30.5 Å². The first-order valence-corrected chi connectivity index (χ1v) is 9.04. The van der Waals surface area contributed by atoms with Crippen molar-refractivity contribution in [3.63, 3.8) is 0 Å². The largest absolute Gasteiger partial charge is 0.496 e. The molecular weight excluding hydrogens is 346 g/mol. The van der Waals surface area contributed by atoms with Crippen molar-refractivity contribution in [2.45, 2.75) is 32.3 Å². The number of benzene rings is 1. The van der Waals surface area contributed by atoms with Gasteiger partial charge in [-0.15, -0.1) is 0 Å². The number of rotatable bonds is 6. The quantitative estimate of drug-likeness (QED) is 0.776. The van der Waals surface area contributed by atoms with Gasteiger partial charge in [0.25, 0.3) is 0 Å². The van der Waals surface area contributed by atoms with Crippen LogP contribution in [0.1, 0.15) is 24.0 Å². The Morgan fingerprint density at radius 1 is 1.26 bits per heavy atom. The van der Waals surface area contributed by atoms with Gasteiger partial charge in [-0.3, -0.25) is 4.79 Å². The number of methoxy groups -OCH3 is 2. The van der Waals surface area contributed by atoms with Gasteiger partial charge in [-0.05, 0) is 37.0 Å². The van der Waals surface area contributed by atoms with Crippen LogP contribution in [0.5, 0.6) is 17.6 Å². The van der Waals surface area contributed by atoms with Gasteiger partial charge in [0.2, 0.25) is 11.8 Å². The van der Waals surface area contributed by atoms with Gasteiger partial charge in [0.05, 0.1) is 27.2 Å². The molecule has 0 bridgehead atoms. The molecule has 144 valence electrons. The van der Waals surface area contributed by atoms with Gasteiger partial charge in [0.15, 0.2) is 0 Å². The highest BCUT2D eigenvalue weighted by Crippen LogP contribution is 2.21. The Labute approximate surface area is 159 Å². The molecule has 0 spiro atoms. The van der Waals surface area contributed by atoms with Crippen molar-refractivity contribution in [2.75, 3.05) is 27.3 Å². The van der Waals surface area contributed by atoms with Crippen molar-refractivity contribution in [1.29, 1.82) is 0 Å². The Balaban J connectivity index is 1.59. The van der Waals surface area contributed by atoms with Crippen LogP contribution in [0, 0.1) is 6.92 Å². The summed E-state index contributed by atoms with van der Waals surface area (Å²) in [4.78, 5) is 22.7. The molecule has 2 heterocycles. The number of likely N-dealkylation sites (tertiary alicyclic amines) is 1. The molecule has 1 fully saturated rings. The molecule has 3 rings (SSSR count). The maximum atomic E-state index is 12.7. The fourth-order valence-corrected chi connectivity index (χ4v) is 3.26. The number of aromatic nitrogens is 2. The first kappa shape index (κ1) is 18.9. The zero-order valence-electron chi connectivity index (χ0n) is 16.0. The van der Waals surface area contributed by atoms with E-state index in [0.717, 1.165) is 36.3 Å². The molecule has 1 aromatic carbocycles. The molecule has 27 heavy (non-hydrogen) atoms. The number of piperidine rings is 1. The van der Waals surface area contributed by atoms with E-state index in [4.69, 9.17) is 14.2 Å². The molecule has 0 saturated carbocycles. The van der Waals surface area contributed by atoms with Crippen molar-refractivity contribution in [1.82, 2.24) is 14.9 Å². The molecule has 1 atom stereocenters. The third kappa shape index (κ3) is 4.87. The average molecular weight is 371 g/mol. The third-order valence-electron chi connectivity index (χ3n) is 4.62. The monoisotopic (exact) mass is 371 g/mol. The standard InChI is InChI=1S/C20H25N3O4/c1-14-11-15(6-7-17(14)25-2)12-19(24)23-10-4-5-16(13-23)27-18-8-9-21-20(22-18)26-3/h6-9,11,16H,4-5,10,12-13H2,1-3H3. The number of amides is 1. The molecule has 0 aliphatic carbocycles. The molecule has 1 amide bonds. The van der Waals surface area contributed by atoms with Crippen LogP contribution in [-0.2, 0) is 11.2 Å². The number of nitrogens with zero attached hydrogens (tertiary/aromatic N) is 3. The lowest BCUT2D eigenvalue weighted by atomic mass is 10.0. The number of hydrogen-bond donors (Lipinski definition) is 0. The smallest absolute Gasteiger partial charge is 0.319 e.